The van der Waals surface area contributed by atoms with Crippen molar-refractivity contribution in [3.63, 3.8) is 0 Å². The average Bonchev–Trinajstić information content (AvgIpc) is 2.99. The van der Waals surface area contributed by atoms with Gasteiger partial charge >= 0.3 is 0 Å². The van der Waals surface area contributed by atoms with Gasteiger partial charge in [0.25, 0.3) is 0 Å². The Morgan fingerprint density at radius 3 is 2.73 bits per heavy atom. The molecule has 4 nitrogen and oxygen atoms in total. The number of unbranched alkanes of at least 4 members (excludes halogenated alkanes) is 1. The van der Waals surface area contributed by atoms with E-state index >= 15 is 0 Å². The van der Waals surface area contributed by atoms with Gasteiger partial charge in [0.05, 0.1) is 6.54 Å². The number of aliphatic hydroxyl groups is 1. The zero-order valence-electron chi connectivity index (χ0n) is 9.51. The number of rotatable bonds is 8. The molecule has 4 heteroatoms. The Morgan fingerprint density at radius 2 is 2.20 bits per heavy atom. The number of aliphatic hydroxyl groups excluding tert-OH is 1. The highest BCUT2D eigenvalue weighted by Gasteiger charge is 2.41. The number of nitrogens with one attached hydrogen (secondary N) is 2. The van der Waals surface area contributed by atoms with E-state index in [1.54, 1.807) is 0 Å². The third-order valence-electron chi connectivity index (χ3n) is 2.93. The first kappa shape index (κ1) is 12.5. The molecule has 1 saturated carbocycles. The van der Waals surface area contributed by atoms with E-state index in [0.29, 0.717) is 6.54 Å². The minimum Gasteiger partial charge on any atom is -0.396 e. The molecular weight excluding hydrogens is 192 g/mol. The molecule has 0 heterocycles. The fourth-order valence-electron chi connectivity index (χ4n) is 1.48. The van der Waals surface area contributed by atoms with Crippen molar-refractivity contribution in [3.05, 3.63) is 0 Å². The average molecular weight is 214 g/mol. The summed E-state index contributed by atoms with van der Waals surface area (Å²) >= 11 is 0. The van der Waals surface area contributed by atoms with E-state index in [2.05, 4.69) is 17.6 Å². The lowest BCUT2D eigenvalue weighted by Crippen LogP contribution is -2.37. The van der Waals surface area contributed by atoms with Crippen LogP contribution < -0.4 is 10.6 Å². The van der Waals surface area contributed by atoms with Gasteiger partial charge in [-0.2, -0.15) is 0 Å². The van der Waals surface area contributed by atoms with Crippen LogP contribution >= 0.6 is 0 Å². The van der Waals surface area contributed by atoms with E-state index in [4.69, 9.17) is 5.11 Å². The third-order valence-corrected chi connectivity index (χ3v) is 2.93. The molecule has 1 rings (SSSR count). The van der Waals surface area contributed by atoms with Crippen molar-refractivity contribution in [2.75, 3.05) is 26.2 Å². The van der Waals surface area contributed by atoms with E-state index in [1.807, 2.05) is 0 Å². The molecule has 1 aliphatic rings. The van der Waals surface area contributed by atoms with Gasteiger partial charge in [-0.1, -0.05) is 13.3 Å². The standard InChI is InChI=1S/C11H22N2O2/c1-2-3-6-13-10(15)7-12-8-11(9-14)4-5-11/h12,14H,2-9H2,1H3,(H,13,15). The molecule has 0 unspecified atom stereocenters. The Bertz CT molecular complexity index is 203. The number of carbonyl (C=O) groups excluding carboxylic acids is 1. The topological polar surface area (TPSA) is 61.4 Å². The summed E-state index contributed by atoms with van der Waals surface area (Å²) in [6, 6.07) is 0. The molecule has 0 aliphatic heterocycles. The molecule has 1 amide bonds. The number of hydrogen-bond acceptors (Lipinski definition) is 3. The van der Waals surface area contributed by atoms with Gasteiger partial charge in [-0.3, -0.25) is 4.79 Å². The second-order valence-corrected chi connectivity index (χ2v) is 4.47. The summed E-state index contributed by atoms with van der Waals surface area (Å²) in [5.41, 5.74) is 0.0870. The number of amides is 1. The lowest BCUT2D eigenvalue weighted by molar-refractivity contribution is -0.120. The minimum absolute atomic E-state index is 0.0530. The molecule has 0 bridgehead atoms. The molecule has 0 aromatic carbocycles. The Hall–Kier alpha value is -0.610. The van der Waals surface area contributed by atoms with Gasteiger partial charge in [-0.25, -0.2) is 0 Å². The van der Waals surface area contributed by atoms with Gasteiger partial charge in [0.15, 0.2) is 0 Å². The van der Waals surface area contributed by atoms with Crippen LogP contribution in [0.25, 0.3) is 0 Å². The molecule has 15 heavy (non-hydrogen) atoms. The zero-order chi connectivity index (χ0) is 11.1. The Kier molecular flexibility index (Phi) is 5.05. The molecule has 0 aromatic heterocycles. The van der Waals surface area contributed by atoms with Gasteiger partial charge in [-0.05, 0) is 19.3 Å². The normalized spacial score (nSPS) is 17.5. The van der Waals surface area contributed by atoms with Gasteiger partial charge in [0.2, 0.25) is 5.91 Å². The van der Waals surface area contributed by atoms with Crippen LogP contribution in [0, 0.1) is 5.41 Å². The van der Waals surface area contributed by atoms with Crippen molar-refractivity contribution in [2.45, 2.75) is 32.6 Å². The maximum atomic E-state index is 11.3. The van der Waals surface area contributed by atoms with Crippen LogP contribution in [0.5, 0.6) is 0 Å². The molecule has 0 radical (unpaired) electrons. The smallest absolute Gasteiger partial charge is 0.233 e. The Morgan fingerprint density at radius 1 is 1.47 bits per heavy atom. The monoisotopic (exact) mass is 214 g/mol. The van der Waals surface area contributed by atoms with Crippen LogP contribution in [0.15, 0.2) is 0 Å². The first-order valence-corrected chi connectivity index (χ1v) is 5.81. The molecule has 1 fully saturated rings. The summed E-state index contributed by atoms with van der Waals surface area (Å²) < 4.78 is 0. The molecule has 1 aliphatic carbocycles. The van der Waals surface area contributed by atoms with E-state index in [0.717, 1.165) is 38.8 Å². The highest BCUT2D eigenvalue weighted by Crippen LogP contribution is 2.44. The molecular formula is C11H22N2O2. The second kappa shape index (κ2) is 6.08. The van der Waals surface area contributed by atoms with Crippen LogP contribution in [0.3, 0.4) is 0 Å². The zero-order valence-corrected chi connectivity index (χ0v) is 9.51. The van der Waals surface area contributed by atoms with Crippen LogP contribution in [-0.2, 0) is 4.79 Å². The maximum Gasteiger partial charge on any atom is 0.233 e. The van der Waals surface area contributed by atoms with Crippen molar-refractivity contribution in [2.24, 2.45) is 5.41 Å². The van der Waals surface area contributed by atoms with Crippen molar-refractivity contribution in [3.8, 4) is 0 Å². The largest absolute Gasteiger partial charge is 0.396 e. The third kappa shape index (κ3) is 4.62. The van der Waals surface area contributed by atoms with Crippen molar-refractivity contribution in [1.29, 1.82) is 0 Å². The Balaban J connectivity index is 1.97. The minimum atomic E-state index is 0.0530. The number of carbonyl (C=O) groups is 1. The van der Waals surface area contributed by atoms with E-state index in [9.17, 15) is 4.79 Å². The van der Waals surface area contributed by atoms with Crippen LogP contribution in [0.2, 0.25) is 0 Å². The molecule has 88 valence electrons. The van der Waals surface area contributed by atoms with Gasteiger partial charge < -0.3 is 15.7 Å². The number of hydrogen-bond donors (Lipinski definition) is 3. The van der Waals surface area contributed by atoms with Gasteiger partial charge in [0, 0.05) is 25.1 Å². The quantitative estimate of drug-likeness (QED) is 0.508. The van der Waals surface area contributed by atoms with Crippen molar-refractivity contribution in [1.82, 2.24) is 10.6 Å². The fourth-order valence-corrected chi connectivity index (χ4v) is 1.48. The first-order valence-electron chi connectivity index (χ1n) is 5.81. The molecule has 3 N–H and O–H groups in total. The highest BCUT2D eigenvalue weighted by molar-refractivity contribution is 5.77. The summed E-state index contributed by atoms with van der Waals surface area (Å²) in [6.07, 6.45) is 4.29. The fraction of sp³-hybridized carbons (Fsp3) is 0.909. The Labute approximate surface area is 91.4 Å². The SMILES string of the molecule is CCCCNC(=O)CNCC1(CO)CC1. The van der Waals surface area contributed by atoms with Crippen LogP contribution in [-0.4, -0.2) is 37.3 Å². The maximum absolute atomic E-state index is 11.3. The summed E-state index contributed by atoms with van der Waals surface area (Å²) in [6.45, 7) is 4.22. The summed E-state index contributed by atoms with van der Waals surface area (Å²) in [7, 11) is 0. The van der Waals surface area contributed by atoms with Crippen molar-refractivity contribution >= 4 is 5.91 Å². The molecule has 0 aromatic rings. The molecule has 0 spiro atoms. The predicted octanol–water partition coefficient (Wildman–Crippen LogP) is 0.265. The molecule has 0 saturated heterocycles. The van der Waals surface area contributed by atoms with Crippen molar-refractivity contribution < 1.29 is 9.90 Å². The summed E-state index contributed by atoms with van der Waals surface area (Å²) in [4.78, 5) is 11.3. The molecule has 0 atom stereocenters. The summed E-state index contributed by atoms with van der Waals surface area (Å²) in [5, 5.41) is 15.0. The lowest BCUT2D eigenvalue weighted by Gasteiger charge is -2.12. The van der Waals surface area contributed by atoms with Crippen LogP contribution in [0.1, 0.15) is 32.6 Å². The lowest BCUT2D eigenvalue weighted by atomic mass is 10.1. The summed E-state index contributed by atoms with van der Waals surface area (Å²) in [5.74, 6) is 0.0530. The predicted molar refractivity (Wildman–Crippen MR) is 59.5 cm³/mol. The highest BCUT2D eigenvalue weighted by atomic mass is 16.3. The van der Waals surface area contributed by atoms with E-state index < -0.39 is 0 Å². The van der Waals surface area contributed by atoms with E-state index in [-0.39, 0.29) is 17.9 Å². The van der Waals surface area contributed by atoms with Gasteiger partial charge in [-0.15, -0.1) is 0 Å². The van der Waals surface area contributed by atoms with Crippen LogP contribution in [0.4, 0.5) is 0 Å². The van der Waals surface area contributed by atoms with E-state index in [1.165, 1.54) is 0 Å². The second-order valence-electron chi connectivity index (χ2n) is 4.47. The van der Waals surface area contributed by atoms with Gasteiger partial charge in [0.1, 0.15) is 0 Å². The first-order chi connectivity index (χ1) is 7.22.